The third-order valence-electron chi connectivity index (χ3n) is 5.94. The number of rotatable bonds is 9. The molecule has 0 amide bonds. The third-order valence-corrected chi connectivity index (χ3v) is 7.54. The van der Waals surface area contributed by atoms with Gasteiger partial charge in [-0.3, -0.25) is 9.36 Å². The van der Waals surface area contributed by atoms with E-state index >= 15 is 0 Å². The van der Waals surface area contributed by atoms with E-state index in [2.05, 4.69) is 27.6 Å². The summed E-state index contributed by atoms with van der Waals surface area (Å²) in [4.78, 5) is 32.5. The van der Waals surface area contributed by atoms with Gasteiger partial charge in [-0.15, -0.1) is 0 Å². The second-order valence-corrected chi connectivity index (χ2v) is 11.2. The molecular formula is C29H31IN2O6S. The molecule has 39 heavy (non-hydrogen) atoms. The highest BCUT2D eigenvalue weighted by atomic mass is 127. The summed E-state index contributed by atoms with van der Waals surface area (Å²) < 4.78 is 25.9. The number of fused-ring (bicyclic) bond motifs is 1. The molecule has 2 heterocycles. The number of benzene rings is 2. The standard InChI is InChI=1S/C29H31IN2O6S/c1-7-36-26-18(13-19(30)15-22(26)35-6)14-23-27(33)32-25(20-11-9-10-12-21(20)38-16(3)4)24(28(34)37-8-2)17(5)31-29(32)39-23/h9-16,25H,7-8H2,1-6H3/b23-14-/t25-/m0/s1. The molecule has 2 aromatic carbocycles. The summed E-state index contributed by atoms with van der Waals surface area (Å²) in [5.74, 6) is 1.21. The quantitative estimate of drug-likeness (QED) is 0.246. The minimum atomic E-state index is -0.769. The molecular weight excluding hydrogens is 631 g/mol. The van der Waals surface area contributed by atoms with Crippen LogP contribution in [0, 0.1) is 3.57 Å². The van der Waals surface area contributed by atoms with Crippen LogP contribution >= 0.6 is 33.9 Å². The predicted octanol–water partition coefficient (Wildman–Crippen LogP) is 4.60. The average molecular weight is 663 g/mol. The first-order valence-corrected chi connectivity index (χ1v) is 14.5. The maximum absolute atomic E-state index is 14.1. The number of hydrogen-bond acceptors (Lipinski definition) is 8. The van der Waals surface area contributed by atoms with Crippen molar-refractivity contribution in [2.45, 2.75) is 46.8 Å². The van der Waals surface area contributed by atoms with Crippen LogP contribution in [-0.2, 0) is 9.53 Å². The van der Waals surface area contributed by atoms with Gasteiger partial charge in [0.25, 0.3) is 5.56 Å². The van der Waals surface area contributed by atoms with E-state index in [1.807, 2.05) is 57.2 Å². The number of thiazole rings is 1. The normalized spacial score (nSPS) is 15.2. The van der Waals surface area contributed by atoms with Gasteiger partial charge in [-0.25, -0.2) is 9.79 Å². The van der Waals surface area contributed by atoms with Gasteiger partial charge in [-0.05, 0) is 81.5 Å². The van der Waals surface area contributed by atoms with Crippen LogP contribution in [0.1, 0.15) is 51.8 Å². The predicted molar refractivity (Wildman–Crippen MR) is 159 cm³/mol. The van der Waals surface area contributed by atoms with Gasteiger partial charge in [0, 0.05) is 14.7 Å². The molecule has 1 aliphatic heterocycles. The van der Waals surface area contributed by atoms with Crippen molar-refractivity contribution in [1.82, 2.24) is 4.57 Å². The molecule has 0 fully saturated rings. The van der Waals surface area contributed by atoms with E-state index < -0.39 is 12.0 Å². The molecule has 10 heteroatoms. The van der Waals surface area contributed by atoms with Gasteiger partial charge in [-0.2, -0.15) is 0 Å². The summed E-state index contributed by atoms with van der Waals surface area (Å²) >= 11 is 3.46. The number of aromatic nitrogens is 1. The van der Waals surface area contributed by atoms with Crippen LogP contribution in [-0.4, -0.2) is 37.0 Å². The zero-order valence-corrected chi connectivity index (χ0v) is 25.7. The van der Waals surface area contributed by atoms with Crippen molar-refractivity contribution in [3.8, 4) is 17.2 Å². The van der Waals surface area contributed by atoms with Gasteiger partial charge in [-0.1, -0.05) is 29.5 Å². The van der Waals surface area contributed by atoms with E-state index in [0.29, 0.717) is 55.6 Å². The van der Waals surface area contributed by atoms with Gasteiger partial charge in [0.1, 0.15) is 11.8 Å². The molecule has 8 nitrogen and oxygen atoms in total. The molecule has 0 spiro atoms. The van der Waals surface area contributed by atoms with Crippen LogP contribution < -0.4 is 29.1 Å². The van der Waals surface area contributed by atoms with Crippen molar-refractivity contribution in [3.63, 3.8) is 0 Å². The van der Waals surface area contributed by atoms with Crippen LogP contribution in [0.25, 0.3) is 6.08 Å². The van der Waals surface area contributed by atoms with Gasteiger partial charge in [0.2, 0.25) is 0 Å². The summed E-state index contributed by atoms with van der Waals surface area (Å²) in [6.45, 7) is 9.91. The number of carbonyl (C=O) groups is 1. The highest BCUT2D eigenvalue weighted by molar-refractivity contribution is 14.1. The molecule has 0 bridgehead atoms. The fourth-order valence-corrected chi connectivity index (χ4v) is 6.10. The second kappa shape index (κ2) is 12.4. The number of carbonyl (C=O) groups excluding carboxylic acids is 1. The Morgan fingerprint density at radius 2 is 1.92 bits per heavy atom. The maximum Gasteiger partial charge on any atom is 0.338 e. The highest BCUT2D eigenvalue weighted by Crippen LogP contribution is 2.37. The van der Waals surface area contributed by atoms with Crippen molar-refractivity contribution in [2.24, 2.45) is 4.99 Å². The number of ether oxygens (including phenoxy) is 4. The van der Waals surface area contributed by atoms with Gasteiger partial charge in [0.05, 0.1) is 42.2 Å². The van der Waals surface area contributed by atoms with E-state index in [4.69, 9.17) is 18.9 Å². The largest absolute Gasteiger partial charge is 0.493 e. The number of allylic oxidation sites excluding steroid dienone is 1. The minimum absolute atomic E-state index is 0.106. The first-order valence-electron chi connectivity index (χ1n) is 12.7. The summed E-state index contributed by atoms with van der Waals surface area (Å²) in [7, 11) is 1.59. The Morgan fingerprint density at radius 3 is 2.59 bits per heavy atom. The molecule has 0 saturated carbocycles. The molecule has 0 unspecified atom stereocenters. The lowest BCUT2D eigenvalue weighted by Crippen LogP contribution is -2.40. The summed E-state index contributed by atoms with van der Waals surface area (Å²) in [6.07, 6.45) is 1.68. The Morgan fingerprint density at radius 1 is 1.18 bits per heavy atom. The van der Waals surface area contributed by atoms with E-state index in [-0.39, 0.29) is 18.3 Å². The minimum Gasteiger partial charge on any atom is -0.493 e. The van der Waals surface area contributed by atoms with Crippen molar-refractivity contribution >= 4 is 46.0 Å². The highest BCUT2D eigenvalue weighted by Gasteiger charge is 2.35. The SMILES string of the molecule is CCOC(=O)C1=C(C)N=c2s/c(=C\c3cc(I)cc(OC)c3OCC)c(=O)n2[C@H]1c1ccccc1OC(C)C. The zero-order chi connectivity index (χ0) is 28.3. The van der Waals surface area contributed by atoms with E-state index in [9.17, 15) is 9.59 Å². The molecule has 0 N–H and O–H groups in total. The molecule has 0 radical (unpaired) electrons. The van der Waals surface area contributed by atoms with Crippen LogP contribution in [0.2, 0.25) is 0 Å². The van der Waals surface area contributed by atoms with Crippen molar-refractivity contribution < 1.29 is 23.7 Å². The smallest absolute Gasteiger partial charge is 0.338 e. The Balaban J connectivity index is 2.01. The monoisotopic (exact) mass is 662 g/mol. The topological polar surface area (TPSA) is 88.4 Å². The Kier molecular flexibility index (Phi) is 9.16. The summed E-state index contributed by atoms with van der Waals surface area (Å²) in [5.41, 5.74) is 1.92. The fraction of sp³-hybridized carbons (Fsp3) is 0.345. The first kappa shape index (κ1) is 28.9. The van der Waals surface area contributed by atoms with Gasteiger partial charge < -0.3 is 18.9 Å². The van der Waals surface area contributed by atoms with Gasteiger partial charge in [0.15, 0.2) is 16.3 Å². The molecule has 4 rings (SSSR count). The number of halogens is 1. The number of para-hydroxylation sites is 1. The Bertz CT molecular complexity index is 1600. The van der Waals surface area contributed by atoms with Crippen molar-refractivity contribution in [1.29, 1.82) is 0 Å². The van der Waals surface area contributed by atoms with Crippen LogP contribution in [0.15, 0.2) is 57.5 Å². The first-order chi connectivity index (χ1) is 18.7. The van der Waals surface area contributed by atoms with Crippen LogP contribution in [0.5, 0.6) is 17.2 Å². The number of hydrogen-bond donors (Lipinski definition) is 0. The number of esters is 1. The van der Waals surface area contributed by atoms with Crippen molar-refractivity contribution in [3.05, 3.63) is 82.1 Å². The summed E-state index contributed by atoms with van der Waals surface area (Å²) in [5, 5.41) is 0. The fourth-order valence-electron chi connectivity index (χ4n) is 4.44. The molecule has 0 aliphatic carbocycles. The van der Waals surface area contributed by atoms with Crippen molar-refractivity contribution in [2.75, 3.05) is 20.3 Å². The molecule has 1 aromatic heterocycles. The Hall–Kier alpha value is -3.12. The molecule has 206 valence electrons. The van der Waals surface area contributed by atoms with Crippen LogP contribution in [0.3, 0.4) is 0 Å². The lowest BCUT2D eigenvalue weighted by atomic mass is 9.95. The van der Waals surface area contributed by atoms with E-state index in [0.717, 1.165) is 3.57 Å². The van der Waals surface area contributed by atoms with E-state index in [1.54, 1.807) is 31.6 Å². The van der Waals surface area contributed by atoms with Crippen LogP contribution in [0.4, 0.5) is 0 Å². The van der Waals surface area contributed by atoms with Gasteiger partial charge >= 0.3 is 5.97 Å². The second-order valence-electron chi connectivity index (χ2n) is 8.97. The number of nitrogens with zero attached hydrogens (tertiary/aromatic N) is 2. The maximum atomic E-state index is 14.1. The zero-order valence-electron chi connectivity index (χ0n) is 22.7. The average Bonchev–Trinajstić information content (AvgIpc) is 3.19. The molecule has 1 atom stereocenters. The molecule has 0 saturated heterocycles. The lowest BCUT2D eigenvalue weighted by molar-refractivity contribution is -0.139. The Labute approximate surface area is 244 Å². The molecule has 1 aliphatic rings. The number of methoxy groups -OCH3 is 1. The third kappa shape index (κ3) is 5.91. The van der Waals surface area contributed by atoms with E-state index in [1.165, 1.54) is 11.3 Å². The summed E-state index contributed by atoms with van der Waals surface area (Å²) in [6, 6.07) is 10.5. The lowest BCUT2D eigenvalue weighted by Gasteiger charge is -2.26. The molecule has 3 aromatic rings.